The van der Waals surface area contributed by atoms with Crippen LogP contribution >= 0.6 is 11.8 Å². The average molecular weight is 487 g/mol. The van der Waals surface area contributed by atoms with E-state index in [1.165, 1.54) is 17.8 Å². The third-order valence-corrected chi connectivity index (χ3v) is 6.43. The van der Waals surface area contributed by atoms with E-state index in [0.717, 1.165) is 36.5 Å². The number of carbonyl (C=O) groups is 1. The zero-order valence-electron chi connectivity index (χ0n) is 19.5. The number of nitrogens with zero attached hydrogens (tertiary/aromatic N) is 5. The Kier molecular flexibility index (Phi) is 8.21. The lowest BCUT2D eigenvalue weighted by Gasteiger charge is -2.21. The summed E-state index contributed by atoms with van der Waals surface area (Å²) in [5.41, 5.74) is 1.52. The number of hydrogen-bond acceptors (Lipinski definition) is 7. The summed E-state index contributed by atoms with van der Waals surface area (Å²) in [6.07, 6.45) is 0. The van der Waals surface area contributed by atoms with Crippen molar-refractivity contribution in [2.75, 3.05) is 23.3 Å². The summed E-state index contributed by atoms with van der Waals surface area (Å²) >= 11 is 1.23. The smallest absolute Gasteiger partial charge is 0.306 e. The summed E-state index contributed by atoms with van der Waals surface area (Å²) in [4.78, 5) is 25.0. The fraction of sp³-hybridized carbons (Fsp3) is 0.348. The number of rotatable bonds is 10. The van der Waals surface area contributed by atoms with Crippen LogP contribution in [-0.4, -0.2) is 43.9 Å². The SMILES string of the molecule is CCN(CC)c1ccc(-c2nnc(SC(C)C(=O)Nc3ccc(F)c([N+](=O)[O-])c3)n2CC)cc1. The van der Waals surface area contributed by atoms with E-state index in [9.17, 15) is 19.3 Å². The van der Waals surface area contributed by atoms with Gasteiger partial charge in [0.2, 0.25) is 11.7 Å². The van der Waals surface area contributed by atoms with Gasteiger partial charge in [-0.25, -0.2) is 0 Å². The highest BCUT2D eigenvalue weighted by molar-refractivity contribution is 8.00. The fourth-order valence-electron chi connectivity index (χ4n) is 3.47. The highest BCUT2D eigenvalue weighted by Gasteiger charge is 2.22. The van der Waals surface area contributed by atoms with Crippen LogP contribution in [0.1, 0.15) is 27.7 Å². The molecule has 9 nitrogen and oxygen atoms in total. The van der Waals surface area contributed by atoms with Crippen molar-refractivity contribution in [3.63, 3.8) is 0 Å². The molecular formula is C23H27FN6O3S. The minimum absolute atomic E-state index is 0.150. The molecule has 3 aromatic rings. The summed E-state index contributed by atoms with van der Waals surface area (Å²) < 4.78 is 15.5. The molecule has 0 aliphatic heterocycles. The van der Waals surface area contributed by atoms with Gasteiger partial charge in [-0.15, -0.1) is 10.2 Å². The third-order valence-electron chi connectivity index (χ3n) is 5.35. The van der Waals surface area contributed by atoms with Gasteiger partial charge in [-0.3, -0.25) is 14.9 Å². The van der Waals surface area contributed by atoms with Crippen LogP contribution in [0.25, 0.3) is 11.4 Å². The van der Waals surface area contributed by atoms with Crippen molar-refractivity contribution in [3.05, 3.63) is 58.4 Å². The molecule has 3 rings (SSSR count). The van der Waals surface area contributed by atoms with Gasteiger partial charge in [0.05, 0.1) is 10.2 Å². The van der Waals surface area contributed by atoms with Gasteiger partial charge in [0.15, 0.2) is 11.0 Å². The minimum atomic E-state index is -0.959. The Bertz CT molecular complexity index is 1160. The average Bonchev–Trinajstić information content (AvgIpc) is 3.23. The molecule has 0 bridgehead atoms. The maximum Gasteiger partial charge on any atom is 0.306 e. The Morgan fingerprint density at radius 1 is 1.18 bits per heavy atom. The highest BCUT2D eigenvalue weighted by Crippen LogP contribution is 2.29. The molecule has 0 aliphatic rings. The number of carbonyl (C=O) groups excluding carboxylic acids is 1. The second kappa shape index (κ2) is 11.1. The molecule has 1 heterocycles. The maximum absolute atomic E-state index is 13.5. The fourth-order valence-corrected chi connectivity index (χ4v) is 4.38. The molecule has 0 fully saturated rings. The Hall–Kier alpha value is -3.47. The quantitative estimate of drug-likeness (QED) is 0.245. The normalized spacial score (nSPS) is 11.8. The largest absolute Gasteiger partial charge is 0.372 e. The molecular weight excluding hydrogens is 459 g/mol. The molecule has 2 aromatic carbocycles. The number of thioether (sulfide) groups is 1. The molecule has 1 amide bonds. The first-order valence-electron chi connectivity index (χ1n) is 11.0. The molecule has 0 aliphatic carbocycles. The number of halogens is 1. The zero-order valence-corrected chi connectivity index (χ0v) is 20.3. The van der Waals surface area contributed by atoms with Crippen molar-refractivity contribution in [2.45, 2.75) is 44.6 Å². The summed E-state index contributed by atoms with van der Waals surface area (Å²) in [6.45, 7) is 10.4. The van der Waals surface area contributed by atoms with E-state index in [4.69, 9.17) is 0 Å². The Labute approximate surface area is 201 Å². The van der Waals surface area contributed by atoms with Crippen LogP contribution in [-0.2, 0) is 11.3 Å². The molecule has 1 unspecified atom stereocenters. The highest BCUT2D eigenvalue weighted by atomic mass is 32.2. The number of hydrogen-bond donors (Lipinski definition) is 1. The van der Waals surface area contributed by atoms with Crippen LogP contribution < -0.4 is 10.2 Å². The minimum Gasteiger partial charge on any atom is -0.372 e. The predicted molar refractivity (Wildman–Crippen MR) is 132 cm³/mol. The first-order valence-corrected chi connectivity index (χ1v) is 11.9. The van der Waals surface area contributed by atoms with Gasteiger partial charge in [-0.2, -0.15) is 4.39 Å². The number of aromatic nitrogens is 3. The zero-order chi connectivity index (χ0) is 24.8. The van der Waals surface area contributed by atoms with E-state index in [1.54, 1.807) is 6.92 Å². The molecule has 1 aromatic heterocycles. The van der Waals surface area contributed by atoms with Crippen molar-refractivity contribution in [1.82, 2.24) is 14.8 Å². The van der Waals surface area contributed by atoms with Gasteiger partial charge < -0.3 is 14.8 Å². The van der Waals surface area contributed by atoms with Gasteiger partial charge in [0, 0.05) is 42.6 Å². The molecule has 1 N–H and O–H groups in total. The molecule has 0 saturated carbocycles. The molecule has 34 heavy (non-hydrogen) atoms. The lowest BCUT2D eigenvalue weighted by atomic mass is 10.2. The number of nitrogens with one attached hydrogen (secondary N) is 1. The number of anilines is 2. The van der Waals surface area contributed by atoms with Crippen LogP contribution in [0, 0.1) is 15.9 Å². The topological polar surface area (TPSA) is 106 Å². The molecule has 0 saturated heterocycles. The van der Waals surface area contributed by atoms with E-state index in [2.05, 4.69) is 46.4 Å². The van der Waals surface area contributed by atoms with Gasteiger partial charge in [-0.1, -0.05) is 11.8 Å². The molecule has 1 atom stereocenters. The third kappa shape index (κ3) is 5.53. The van der Waals surface area contributed by atoms with Crippen LogP contribution in [0.2, 0.25) is 0 Å². The Balaban J connectivity index is 1.74. The van der Waals surface area contributed by atoms with E-state index in [-0.39, 0.29) is 11.6 Å². The van der Waals surface area contributed by atoms with Crippen molar-refractivity contribution < 1.29 is 14.1 Å². The Morgan fingerprint density at radius 3 is 2.44 bits per heavy atom. The number of nitro benzene ring substituents is 1. The molecule has 11 heteroatoms. The maximum atomic E-state index is 13.5. The van der Waals surface area contributed by atoms with Crippen molar-refractivity contribution in [2.24, 2.45) is 0 Å². The summed E-state index contributed by atoms with van der Waals surface area (Å²) in [7, 11) is 0. The van der Waals surface area contributed by atoms with Gasteiger partial charge in [0.1, 0.15) is 0 Å². The van der Waals surface area contributed by atoms with Crippen molar-refractivity contribution in [3.8, 4) is 11.4 Å². The van der Waals surface area contributed by atoms with Crippen molar-refractivity contribution >= 4 is 34.7 Å². The van der Waals surface area contributed by atoms with E-state index in [0.29, 0.717) is 17.5 Å². The van der Waals surface area contributed by atoms with Crippen LogP contribution in [0.3, 0.4) is 0 Å². The predicted octanol–water partition coefficient (Wildman–Crippen LogP) is 4.98. The van der Waals surface area contributed by atoms with Gasteiger partial charge in [0.25, 0.3) is 0 Å². The second-order valence-corrected chi connectivity index (χ2v) is 8.75. The lowest BCUT2D eigenvalue weighted by Crippen LogP contribution is -2.23. The summed E-state index contributed by atoms with van der Waals surface area (Å²) in [6, 6.07) is 11.4. The standard InChI is InChI=1S/C23H27FN6O3S/c1-5-28(6-2)18-11-8-16(9-12-18)21-26-27-23(29(21)7-3)34-15(4)22(31)25-17-10-13-19(24)20(14-17)30(32)33/h8-15H,5-7H2,1-4H3,(H,25,31). The van der Waals surface area contributed by atoms with Crippen LogP contribution in [0.15, 0.2) is 47.6 Å². The molecule has 180 valence electrons. The summed E-state index contributed by atoms with van der Waals surface area (Å²) in [5.74, 6) is -0.640. The van der Waals surface area contributed by atoms with E-state index < -0.39 is 21.7 Å². The second-order valence-electron chi connectivity index (χ2n) is 7.44. The number of benzene rings is 2. The first kappa shape index (κ1) is 25.2. The molecule has 0 radical (unpaired) electrons. The molecule has 0 spiro atoms. The number of nitro groups is 1. The van der Waals surface area contributed by atoms with E-state index in [1.807, 2.05) is 23.6 Å². The first-order chi connectivity index (χ1) is 16.3. The van der Waals surface area contributed by atoms with Gasteiger partial charge >= 0.3 is 5.69 Å². The lowest BCUT2D eigenvalue weighted by molar-refractivity contribution is -0.387. The summed E-state index contributed by atoms with van der Waals surface area (Å²) in [5, 5.41) is 22.2. The van der Waals surface area contributed by atoms with Crippen LogP contribution in [0.5, 0.6) is 0 Å². The van der Waals surface area contributed by atoms with E-state index >= 15 is 0 Å². The van der Waals surface area contributed by atoms with Gasteiger partial charge in [-0.05, 0) is 64.1 Å². The van der Waals surface area contributed by atoms with Crippen molar-refractivity contribution in [1.29, 1.82) is 0 Å². The Morgan fingerprint density at radius 2 is 1.85 bits per heavy atom. The number of amides is 1. The monoisotopic (exact) mass is 486 g/mol. The van der Waals surface area contributed by atoms with Crippen LogP contribution in [0.4, 0.5) is 21.5 Å².